The monoisotopic (exact) mass is 1130 g/mol. The van der Waals surface area contributed by atoms with Gasteiger partial charge in [0.05, 0.1) is 79.3 Å². The maximum Gasteiger partial charge on any atom is 0.337 e. The van der Waals surface area contributed by atoms with Crippen molar-refractivity contribution in [2.24, 2.45) is 5.73 Å². The Labute approximate surface area is 465 Å². The fourth-order valence-electron chi connectivity index (χ4n) is 9.66. The van der Waals surface area contributed by atoms with E-state index in [9.17, 15) is 51.5 Å². The summed E-state index contributed by atoms with van der Waals surface area (Å²) in [6, 6.07) is 14.3. The summed E-state index contributed by atoms with van der Waals surface area (Å²) in [4.78, 5) is 91.4. The summed E-state index contributed by atoms with van der Waals surface area (Å²) in [7, 11) is 3.90. The molecule has 0 unspecified atom stereocenters. The smallest absolute Gasteiger partial charge is 0.337 e. The molecule has 3 aromatic carbocycles. The van der Waals surface area contributed by atoms with Gasteiger partial charge in [-0.25, -0.2) is 37.1 Å². The number of hydrogen-bond donors (Lipinski definition) is 3. The zero-order valence-corrected chi connectivity index (χ0v) is 46.1. The molecule has 3 saturated carbocycles. The molecule has 3 aliphatic carbocycles. The van der Waals surface area contributed by atoms with Crippen LogP contribution in [0, 0.1) is 17.5 Å². The van der Waals surface area contributed by atoms with Crippen molar-refractivity contribution in [3.63, 3.8) is 0 Å². The third-order valence-corrected chi connectivity index (χ3v) is 13.8. The van der Waals surface area contributed by atoms with Gasteiger partial charge in [0.2, 0.25) is 0 Å². The van der Waals surface area contributed by atoms with Crippen molar-refractivity contribution in [1.82, 2.24) is 10.6 Å². The zero-order valence-electron chi connectivity index (χ0n) is 45.3. The van der Waals surface area contributed by atoms with E-state index in [1.54, 1.807) is 64.1 Å². The molecule has 10 rings (SSSR count). The number of cyclic esters (lactones) is 2. The summed E-state index contributed by atoms with van der Waals surface area (Å²) in [6.07, 6.45) is 7.41. The number of carbonyl (C=O) groups is 8. The van der Waals surface area contributed by atoms with Crippen molar-refractivity contribution in [2.45, 2.75) is 102 Å². The van der Waals surface area contributed by atoms with E-state index < -0.39 is 47.7 Å². The lowest BCUT2D eigenvalue weighted by molar-refractivity contribution is -0.145. The predicted molar refractivity (Wildman–Crippen MR) is 285 cm³/mol. The minimum absolute atomic E-state index is 0.126. The lowest BCUT2D eigenvalue weighted by Gasteiger charge is -2.29. The van der Waals surface area contributed by atoms with Crippen molar-refractivity contribution >= 4 is 59.5 Å². The third kappa shape index (κ3) is 14.8. The van der Waals surface area contributed by atoms with Crippen LogP contribution in [-0.4, -0.2) is 94.9 Å². The second-order valence-corrected chi connectivity index (χ2v) is 19.6. The molecule has 0 bridgehead atoms. The van der Waals surface area contributed by atoms with Crippen LogP contribution in [0.25, 0.3) is 0 Å². The van der Waals surface area contributed by atoms with Gasteiger partial charge in [0.15, 0.2) is 5.78 Å². The summed E-state index contributed by atoms with van der Waals surface area (Å²) in [6.45, 7) is 7.37. The molecular weight excluding hydrogens is 1070 g/mol. The lowest BCUT2D eigenvalue weighted by atomic mass is 9.78. The highest BCUT2D eigenvalue weighted by Crippen LogP contribution is 2.51. The Kier molecular flexibility index (Phi) is 21.2. The third-order valence-electron chi connectivity index (χ3n) is 13.5. The molecule has 4 heterocycles. The molecular formula is C59H63ClF3N3O14. The maximum absolute atomic E-state index is 14.6. The summed E-state index contributed by atoms with van der Waals surface area (Å²) >= 11 is 5.14. The van der Waals surface area contributed by atoms with Gasteiger partial charge in [-0.2, -0.15) is 0 Å². The molecule has 21 heteroatoms. The molecule has 4 N–H and O–H groups in total. The first kappa shape index (κ1) is 61.2. The van der Waals surface area contributed by atoms with E-state index in [0.29, 0.717) is 96.7 Å². The number of allylic oxidation sites excluding steroid dienone is 3. The summed E-state index contributed by atoms with van der Waals surface area (Å²) in [5.41, 5.74) is 13.1. The first-order valence-electron chi connectivity index (χ1n) is 25.7. The molecule has 3 fully saturated rings. The van der Waals surface area contributed by atoms with E-state index in [0.717, 1.165) is 44.8 Å². The number of carbonyl (C=O) groups excluding carboxylic acids is 8. The summed E-state index contributed by atoms with van der Waals surface area (Å²) in [5.74, 6) is -5.00. The molecule has 0 spiro atoms. The molecule has 0 radical (unpaired) electrons. The number of ether oxygens (including phenoxy) is 6. The van der Waals surface area contributed by atoms with E-state index in [1.165, 1.54) is 45.6 Å². The highest BCUT2D eigenvalue weighted by Gasteiger charge is 2.46. The van der Waals surface area contributed by atoms with Crippen LogP contribution in [-0.2, 0) is 62.0 Å². The number of esters is 6. The second kappa shape index (κ2) is 27.7. The van der Waals surface area contributed by atoms with Crippen LogP contribution in [0.5, 0.6) is 0 Å². The Morgan fingerprint density at radius 3 is 1.44 bits per heavy atom. The van der Waals surface area contributed by atoms with Crippen LogP contribution in [0.2, 0.25) is 0 Å². The number of aldehydes is 1. The van der Waals surface area contributed by atoms with Gasteiger partial charge in [-0.1, -0.05) is 36.4 Å². The number of benzene rings is 3. The predicted octanol–water partition coefficient (Wildman–Crippen LogP) is 8.58. The quantitative estimate of drug-likeness (QED) is 0.0362. The first-order chi connectivity index (χ1) is 38.2. The fourth-order valence-corrected chi connectivity index (χ4v) is 9.75. The lowest BCUT2D eigenvalue weighted by Crippen LogP contribution is -2.30. The Morgan fingerprint density at radius 2 is 1.09 bits per heavy atom. The van der Waals surface area contributed by atoms with E-state index in [-0.39, 0.29) is 60.6 Å². The number of ketones is 1. The van der Waals surface area contributed by atoms with Gasteiger partial charge < -0.3 is 44.8 Å². The van der Waals surface area contributed by atoms with Crippen molar-refractivity contribution < 1.29 is 79.9 Å². The van der Waals surface area contributed by atoms with Crippen LogP contribution in [0.3, 0.4) is 0 Å². The average Bonchev–Trinajstić information content (AvgIpc) is 4.53. The van der Waals surface area contributed by atoms with Crippen molar-refractivity contribution in [2.75, 3.05) is 47.0 Å². The number of halogens is 4. The number of Topliss-reactive ketones (excluding diaryl/α,β-unsaturated/α-hetero) is 1. The zero-order chi connectivity index (χ0) is 58.5. The topological polar surface area (TPSA) is 242 Å². The SMILES string of the molecule is CCOC(=O)CC(=O)CCl.COC(=O)/C=C(/C)N.COC(=O)C1=C(C)NC2=C(C(=O)OC2)[C@@H]1c1cccc(F)c1C1CC1.COC(=O)C1=C(C)NC2=C(C(=O)OC2)[C@H]1c1cccc(F)c1C1CC1.O=Cc1cccc(F)c1C1CC1. The normalized spacial score (nSPS) is 18.7. The number of rotatable bonds is 13. The highest BCUT2D eigenvalue weighted by molar-refractivity contribution is 6.28. The molecule has 4 aliphatic heterocycles. The largest absolute Gasteiger partial charge is 0.466 e. The number of nitrogens with two attached hydrogens (primary N) is 1. The Balaban J connectivity index is 0.000000174. The van der Waals surface area contributed by atoms with E-state index >= 15 is 0 Å². The second-order valence-electron chi connectivity index (χ2n) is 19.3. The van der Waals surface area contributed by atoms with Gasteiger partial charge in [-0.3, -0.25) is 14.4 Å². The highest BCUT2D eigenvalue weighted by atomic mass is 35.5. The Hall–Kier alpha value is -8.00. The first-order valence-corrected chi connectivity index (χ1v) is 26.3. The van der Waals surface area contributed by atoms with Gasteiger partial charge in [-0.15, -0.1) is 11.6 Å². The van der Waals surface area contributed by atoms with E-state index in [1.807, 2.05) is 0 Å². The fraction of sp³-hybridized carbons (Fsp3) is 0.390. The summed E-state index contributed by atoms with van der Waals surface area (Å²) in [5, 5.41) is 6.14. The van der Waals surface area contributed by atoms with Crippen LogP contribution >= 0.6 is 11.6 Å². The number of dihydropyridines is 2. The minimum atomic E-state index is -0.676. The molecule has 0 amide bonds. The van der Waals surface area contributed by atoms with Gasteiger partial charge in [-0.05, 0) is 124 Å². The van der Waals surface area contributed by atoms with Gasteiger partial charge in [0.25, 0.3) is 0 Å². The number of nitrogens with one attached hydrogen (secondary N) is 2. The molecule has 2 atom stereocenters. The molecule has 0 aromatic heterocycles. The van der Waals surface area contributed by atoms with Crippen LogP contribution < -0.4 is 16.4 Å². The number of hydrogen-bond acceptors (Lipinski definition) is 17. The standard InChI is InChI=1S/2C19H18FNO4.C10H9FO.C6H9ClO3.C5H9NO2/c2*1-9-14(18(22)24-2)16(17-13(21-9)8-25-19(17)23)11-4-3-5-12(20)15(11)10-6-7-10;11-9-3-1-2-8(6-12)10(9)7-4-5-7;1-2-10-6(9)3-5(8)4-7;1-4(6)3-5(7)8-2/h2*3-5,10,16,21H,6-8H2,1-2H3;1-3,6-7H,4-5H2;2-4H2,1H3;3H,6H2,1-2H3/b;;;;4-3-/t2*16-;;;/m10.../s1. The maximum atomic E-state index is 14.6. The molecule has 426 valence electrons. The van der Waals surface area contributed by atoms with Crippen molar-refractivity contribution in [3.8, 4) is 0 Å². The van der Waals surface area contributed by atoms with Crippen LogP contribution in [0.15, 0.2) is 111 Å². The molecule has 3 aromatic rings. The van der Waals surface area contributed by atoms with Gasteiger partial charge >= 0.3 is 35.8 Å². The van der Waals surface area contributed by atoms with E-state index in [4.69, 9.17) is 36.3 Å². The van der Waals surface area contributed by atoms with Crippen molar-refractivity contribution in [1.29, 1.82) is 0 Å². The Morgan fingerprint density at radius 1 is 0.675 bits per heavy atom. The minimum Gasteiger partial charge on any atom is -0.466 e. The van der Waals surface area contributed by atoms with Crippen LogP contribution in [0.1, 0.15) is 140 Å². The van der Waals surface area contributed by atoms with Crippen molar-refractivity contribution in [3.05, 3.63) is 162 Å². The molecule has 7 aliphatic rings. The summed E-state index contributed by atoms with van der Waals surface area (Å²) < 4.78 is 71.3. The number of methoxy groups -OCH3 is 3. The average molecular weight is 1130 g/mol. The van der Waals surface area contributed by atoms with Gasteiger partial charge in [0, 0.05) is 34.3 Å². The molecule has 17 nitrogen and oxygen atoms in total. The van der Waals surface area contributed by atoms with Crippen LogP contribution in [0.4, 0.5) is 13.2 Å². The van der Waals surface area contributed by atoms with E-state index in [2.05, 4.69) is 20.1 Å². The molecule has 80 heavy (non-hydrogen) atoms. The van der Waals surface area contributed by atoms with Gasteiger partial charge in [0.1, 0.15) is 43.4 Å². The molecule has 0 saturated heterocycles. The number of alkyl halides is 1. The Bertz CT molecular complexity index is 2970.